The SMILES string of the molecule is Cc1ccccc1N1C(=O)C(Cl)(Cl)C1(SCc1ccccc1)N(C)c1ccccc1. The van der Waals surface area contributed by atoms with E-state index in [4.69, 9.17) is 23.2 Å². The summed E-state index contributed by atoms with van der Waals surface area (Å²) in [5.41, 5.74) is 3.86. The number of alkyl halides is 2. The maximum Gasteiger partial charge on any atom is 0.271 e. The van der Waals surface area contributed by atoms with Gasteiger partial charge in [-0.1, -0.05) is 89.9 Å². The van der Waals surface area contributed by atoms with Gasteiger partial charge in [-0.15, -0.1) is 11.8 Å². The fourth-order valence-electron chi connectivity index (χ4n) is 3.79. The highest BCUT2D eigenvalue weighted by atomic mass is 35.5. The Kier molecular flexibility index (Phi) is 5.75. The highest BCUT2D eigenvalue weighted by Gasteiger charge is 2.74. The lowest BCUT2D eigenvalue weighted by atomic mass is 10.0. The summed E-state index contributed by atoms with van der Waals surface area (Å²) in [6, 6.07) is 27.8. The van der Waals surface area contributed by atoms with Crippen LogP contribution in [0.3, 0.4) is 0 Å². The molecule has 0 radical (unpaired) electrons. The molecule has 6 heteroatoms. The zero-order chi connectivity index (χ0) is 21.4. The highest BCUT2D eigenvalue weighted by Crippen LogP contribution is 2.60. The molecule has 154 valence electrons. The van der Waals surface area contributed by atoms with E-state index in [1.165, 1.54) is 0 Å². The first-order valence-electron chi connectivity index (χ1n) is 9.64. The number of nitrogens with zero attached hydrogens (tertiary/aromatic N) is 2. The summed E-state index contributed by atoms with van der Waals surface area (Å²) in [6.07, 6.45) is 0. The van der Waals surface area contributed by atoms with Gasteiger partial charge < -0.3 is 4.90 Å². The normalized spacial score (nSPS) is 20.0. The second-order valence-corrected chi connectivity index (χ2v) is 9.75. The average Bonchev–Trinajstić information content (AvgIpc) is 2.78. The van der Waals surface area contributed by atoms with Gasteiger partial charge in [0.05, 0.1) is 5.69 Å². The Bertz CT molecular complexity index is 1050. The fraction of sp³-hybridized carbons (Fsp3) is 0.208. The molecule has 4 rings (SSSR count). The van der Waals surface area contributed by atoms with Crippen molar-refractivity contribution in [2.75, 3.05) is 16.8 Å². The lowest BCUT2D eigenvalue weighted by molar-refractivity contribution is -0.126. The predicted octanol–water partition coefficient (Wildman–Crippen LogP) is 6.24. The molecular weight excluding hydrogens is 435 g/mol. The van der Waals surface area contributed by atoms with E-state index >= 15 is 0 Å². The molecule has 3 aromatic carbocycles. The Hall–Kier alpha value is -2.14. The number of benzene rings is 3. The van der Waals surface area contributed by atoms with Crippen molar-refractivity contribution >= 4 is 52.2 Å². The molecule has 0 spiro atoms. The molecule has 0 aliphatic carbocycles. The topological polar surface area (TPSA) is 23.6 Å². The third kappa shape index (κ3) is 3.27. The number of para-hydroxylation sites is 2. The summed E-state index contributed by atoms with van der Waals surface area (Å²) < 4.78 is -1.61. The van der Waals surface area contributed by atoms with Crippen LogP contribution in [0.15, 0.2) is 84.9 Å². The quantitative estimate of drug-likeness (QED) is 0.249. The molecule has 1 saturated heterocycles. The van der Waals surface area contributed by atoms with Gasteiger partial charge in [-0.2, -0.15) is 0 Å². The Balaban J connectivity index is 1.83. The molecule has 1 heterocycles. The molecule has 0 bridgehead atoms. The fourth-order valence-corrected chi connectivity index (χ4v) is 6.15. The van der Waals surface area contributed by atoms with Gasteiger partial charge >= 0.3 is 0 Å². The average molecular weight is 457 g/mol. The summed E-state index contributed by atoms with van der Waals surface area (Å²) in [7, 11) is 1.94. The summed E-state index contributed by atoms with van der Waals surface area (Å²) in [5.74, 6) is 0.331. The molecule has 30 heavy (non-hydrogen) atoms. The van der Waals surface area contributed by atoms with Crippen LogP contribution in [0.2, 0.25) is 0 Å². The number of carbonyl (C=O) groups excluding carboxylic acids is 1. The predicted molar refractivity (Wildman–Crippen MR) is 128 cm³/mol. The van der Waals surface area contributed by atoms with E-state index in [-0.39, 0.29) is 5.91 Å². The molecule has 1 atom stereocenters. The molecule has 0 N–H and O–H groups in total. The van der Waals surface area contributed by atoms with E-state index < -0.39 is 9.33 Å². The van der Waals surface area contributed by atoms with Crippen molar-refractivity contribution in [3.8, 4) is 0 Å². The van der Waals surface area contributed by atoms with Crippen LogP contribution in [0.1, 0.15) is 11.1 Å². The van der Waals surface area contributed by atoms with Gasteiger partial charge in [-0.05, 0) is 36.2 Å². The second kappa shape index (κ2) is 8.18. The van der Waals surface area contributed by atoms with Crippen LogP contribution in [-0.4, -0.2) is 22.3 Å². The third-order valence-electron chi connectivity index (χ3n) is 5.42. The monoisotopic (exact) mass is 456 g/mol. The van der Waals surface area contributed by atoms with Gasteiger partial charge in [0, 0.05) is 18.5 Å². The first kappa shape index (κ1) is 21.1. The van der Waals surface area contributed by atoms with E-state index in [0.29, 0.717) is 5.75 Å². The van der Waals surface area contributed by atoms with E-state index in [2.05, 4.69) is 12.1 Å². The van der Waals surface area contributed by atoms with Crippen LogP contribution < -0.4 is 9.80 Å². The maximum absolute atomic E-state index is 13.2. The van der Waals surface area contributed by atoms with E-state index in [0.717, 1.165) is 22.5 Å². The van der Waals surface area contributed by atoms with Crippen LogP contribution in [-0.2, 0) is 10.5 Å². The summed E-state index contributed by atoms with van der Waals surface area (Å²) in [5, 5.41) is 0. The van der Waals surface area contributed by atoms with E-state index in [9.17, 15) is 4.79 Å². The van der Waals surface area contributed by atoms with Gasteiger partial charge in [-0.25, -0.2) is 0 Å². The van der Waals surface area contributed by atoms with Crippen molar-refractivity contribution in [3.63, 3.8) is 0 Å². The van der Waals surface area contributed by atoms with Crippen molar-refractivity contribution in [2.24, 2.45) is 0 Å². The molecule has 1 fully saturated rings. The van der Waals surface area contributed by atoms with Gasteiger partial charge in [0.15, 0.2) is 0 Å². The summed E-state index contributed by atoms with van der Waals surface area (Å²) >= 11 is 15.2. The smallest absolute Gasteiger partial charge is 0.271 e. The number of thioether (sulfide) groups is 1. The first-order valence-corrected chi connectivity index (χ1v) is 11.4. The van der Waals surface area contributed by atoms with E-state index in [1.54, 1.807) is 16.7 Å². The highest BCUT2D eigenvalue weighted by molar-refractivity contribution is 8.00. The minimum atomic E-state index is -1.61. The summed E-state index contributed by atoms with van der Waals surface area (Å²) in [4.78, 5) is 16.0. The van der Waals surface area contributed by atoms with Crippen molar-refractivity contribution in [1.29, 1.82) is 0 Å². The Morgan fingerprint density at radius 1 is 0.900 bits per heavy atom. The van der Waals surface area contributed by atoms with Crippen molar-refractivity contribution in [2.45, 2.75) is 22.0 Å². The van der Waals surface area contributed by atoms with Gasteiger partial charge in [0.1, 0.15) is 0 Å². The number of β-lactam (4-membered cyclic amide) rings is 1. The number of hydrogen-bond donors (Lipinski definition) is 0. The van der Waals surface area contributed by atoms with Crippen LogP contribution in [0.4, 0.5) is 11.4 Å². The van der Waals surface area contributed by atoms with Gasteiger partial charge in [-0.3, -0.25) is 9.69 Å². The van der Waals surface area contributed by atoms with Crippen molar-refractivity contribution in [3.05, 3.63) is 96.1 Å². The van der Waals surface area contributed by atoms with Gasteiger partial charge in [0.2, 0.25) is 9.33 Å². The zero-order valence-corrected chi connectivity index (χ0v) is 19.1. The molecule has 1 unspecified atom stereocenters. The van der Waals surface area contributed by atoms with Crippen LogP contribution in [0, 0.1) is 6.92 Å². The van der Waals surface area contributed by atoms with Crippen molar-refractivity contribution < 1.29 is 4.79 Å². The van der Waals surface area contributed by atoms with Crippen LogP contribution in [0.25, 0.3) is 0 Å². The molecule has 0 saturated carbocycles. The third-order valence-corrected chi connectivity index (χ3v) is 8.14. The van der Waals surface area contributed by atoms with E-state index in [1.807, 2.05) is 91.7 Å². The Morgan fingerprint density at radius 2 is 1.47 bits per heavy atom. The maximum atomic E-state index is 13.2. The lowest BCUT2D eigenvalue weighted by Gasteiger charge is -2.62. The van der Waals surface area contributed by atoms with Crippen molar-refractivity contribution in [1.82, 2.24) is 0 Å². The Morgan fingerprint density at radius 3 is 2.10 bits per heavy atom. The number of carbonyl (C=O) groups is 1. The first-order chi connectivity index (χ1) is 14.4. The number of amides is 1. The standard InChI is InChI=1S/C24H22Cl2N2OS/c1-18-11-9-10-16-21(18)28-22(29)23(25,26)24(28,27(2)20-14-7-4-8-15-20)30-17-19-12-5-3-6-13-19/h3-16H,17H2,1-2H3. The minimum absolute atomic E-state index is 0.316. The summed E-state index contributed by atoms with van der Waals surface area (Å²) in [6.45, 7) is 1.99. The number of anilines is 2. The van der Waals surface area contributed by atoms with Crippen LogP contribution >= 0.6 is 35.0 Å². The molecule has 1 aliphatic heterocycles. The number of hydrogen-bond acceptors (Lipinski definition) is 3. The number of halogens is 2. The van der Waals surface area contributed by atoms with Gasteiger partial charge in [0.25, 0.3) is 5.91 Å². The van der Waals surface area contributed by atoms with Crippen LogP contribution in [0.5, 0.6) is 0 Å². The molecule has 3 aromatic rings. The zero-order valence-electron chi connectivity index (χ0n) is 16.8. The largest absolute Gasteiger partial charge is 0.340 e. The molecule has 1 amide bonds. The Labute approximate surface area is 191 Å². The molecule has 0 aromatic heterocycles. The molecular formula is C24H22Cl2N2OS. The number of aryl methyl sites for hydroxylation is 1. The minimum Gasteiger partial charge on any atom is -0.340 e. The molecule has 1 aliphatic rings. The lowest BCUT2D eigenvalue weighted by Crippen LogP contribution is -2.82. The number of rotatable bonds is 6. The second-order valence-electron chi connectivity index (χ2n) is 7.28. The molecule has 3 nitrogen and oxygen atoms in total.